The van der Waals surface area contributed by atoms with Crippen molar-refractivity contribution in [1.82, 2.24) is 9.97 Å². The minimum Gasteiger partial charge on any atom is -0.440 e. The Kier molecular flexibility index (Phi) is 2.61. The highest BCUT2D eigenvalue weighted by Gasteiger charge is 2.12. The van der Waals surface area contributed by atoms with E-state index < -0.39 is 0 Å². The molecule has 0 aliphatic heterocycles. The van der Waals surface area contributed by atoms with E-state index in [9.17, 15) is 4.79 Å². The monoisotopic (exact) mass is 238 g/mol. The first-order valence-corrected chi connectivity index (χ1v) is 5.60. The number of pyridine rings is 1. The second kappa shape index (κ2) is 4.41. The van der Waals surface area contributed by atoms with Gasteiger partial charge in [0.1, 0.15) is 5.52 Å². The van der Waals surface area contributed by atoms with Crippen molar-refractivity contribution in [2.24, 2.45) is 0 Å². The predicted octanol–water partition coefficient (Wildman–Crippen LogP) is 2.65. The molecule has 88 valence electrons. The fourth-order valence-electron chi connectivity index (χ4n) is 1.76. The van der Waals surface area contributed by atoms with Crippen LogP contribution in [0.2, 0.25) is 0 Å². The van der Waals surface area contributed by atoms with E-state index in [1.54, 1.807) is 24.5 Å². The molecule has 4 heteroatoms. The van der Waals surface area contributed by atoms with Gasteiger partial charge in [-0.15, -0.1) is 0 Å². The summed E-state index contributed by atoms with van der Waals surface area (Å²) in [5.74, 6) is 0.389. The Labute approximate surface area is 103 Å². The molecule has 0 amide bonds. The van der Waals surface area contributed by atoms with Gasteiger partial charge in [0.05, 0.1) is 6.42 Å². The van der Waals surface area contributed by atoms with Crippen LogP contribution in [0.25, 0.3) is 11.1 Å². The summed E-state index contributed by atoms with van der Waals surface area (Å²) in [4.78, 5) is 20.1. The maximum absolute atomic E-state index is 12.0. The third-order valence-corrected chi connectivity index (χ3v) is 2.63. The lowest BCUT2D eigenvalue weighted by Crippen LogP contribution is -2.03. The van der Waals surface area contributed by atoms with Crippen LogP contribution in [0, 0.1) is 0 Å². The predicted molar refractivity (Wildman–Crippen MR) is 66.3 cm³/mol. The largest absolute Gasteiger partial charge is 0.440 e. The van der Waals surface area contributed by atoms with E-state index in [-0.39, 0.29) is 12.2 Å². The number of Topliss-reactive ketones (excluding diaryl/α,β-unsaturated/α-hetero) is 1. The molecule has 2 heterocycles. The fraction of sp³-hybridized carbons (Fsp3) is 0.0714. The summed E-state index contributed by atoms with van der Waals surface area (Å²) in [6.07, 6.45) is 3.33. The Morgan fingerprint density at radius 3 is 2.83 bits per heavy atom. The Bertz CT molecular complexity index is 656. The maximum atomic E-state index is 12.0. The van der Waals surface area contributed by atoms with Gasteiger partial charge in [-0.3, -0.25) is 9.78 Å². The number of para-hydroxylation sites is 2. The quantitative estimate of drug-likeness (QED) is 0.658. The van der Waals surface area contributed by atoms with Crippen molar-refractivity contribution in [1.29, 1.82) is 0 Å². The van der Waals surface area contributed by atoms with E-state index in [4.69, 9.17) is 4.42 Å². The molecule has 1 aromatic carbocycles. The standard InChI is InChI=1S/C14H10N2O2/c17-12(10-4-3-7-15-9-10)8-14-16-11-5-1-2-6-13(11)18-14/h1-7,9H,8H2. The average molecular weight is 238 g/mol. The number of rotatable bonds is 3. The molecule has 4 nitrogen and oxygen atoms in total. The number of hydrogen-bond donors (Lipinski definition) is 0. The third kappa shape index (κ3) is 2.00. The van der Waals surface area contributed by atoms with Crippen LogP contribution in [-0.2, 0) is 6.42 Å². The van der Waals surface area contributed by atoms with Crippen molar-refractivity contribution >= 4 is 16.9 Å². The zero-order valence-corrected chi connectivity index (χ0v) is 9.54. The van der Waals surface area contributed by atoms with Gasteiger partial charge in [0, 0.05) is 18.0 Å². The number of nitrogens with zero attached hydrogens (tertiary/aromatic N) is 2. The first-order chi connectivity index (χ1) is 8.83. The molecule has 0 unspecified atom stereocenters. The summed E-state index contributed by atoms with van der Waals surface area (Å²) in [5, 5.41) is 0. The Balaban J connectivity index is 1.86. The number of fused-ring (bicyclic) bond motifs is 1. The first-order valence-electron chi connectivity index (χ1n) is 5.60. The van der Waals surface area contributed by atoms with Gasteiger partial charge in [0.25, 0.3) is 0 Å². The topological polar surface area (TPSA) is 56.0 Å². The maximum Gasteiger partial charge on any atom is 0.203 e. The van der Waals surface area contributed by atoms with Crippen molar-refractivity contribution in [2.75, 3.05) is 0 Å². The highest BCUT2D eigenvalue weighted by Crippen LogP contribution is 2.16. The molecule has 0 radical (unpaired) electrons. The number of carbonyl (C=O) groups excluding carboxylic acids is 1. The molecule has 0 saturated heterocycles. The van der Waals surface area contributed by atoms with Gasteiger partial charge in [-0.05, 0) is 24.3 Å². The second-order valence-corrected chi connectivity index (χ2v) is 3.92. The lowest BCUT2D eigenvalue weighted by molar-refractivity contribution is 0.0985. The highest BCUT2D eigenvalue weighted by molar-refractivity contribution is 5.96. The van der Waals surface area contributed by atoms with Crippen molar-refractivity contribution in [3.8, 4) is 0 Å². The Hall–Kier alpha value is -2.49. The number of oxazole rings is 1. The zero-order chi connectivity index (χ0) is 12.4. The van der Waals surface area contributed by atoms with Crippen LogP contribution in [-0.4, -0.2) is 15.8 Å². The van der Waals surface area contributed by atoms with Crippen molar-refractivity contribution in [2.45, 2.75) is 6.42 Å². The molecule has 2 aromatic heterocycles. The summed E-state index contributed by atoms with van der Waals surface area (Å²) in [6, 6.07) is 10.9. The van der Waals surface area contributed by atoms with Crippen LogP contribution in [0.15, 0.2) is 53.2 Å². The number of aromatic nitrogens is 2. The molecule has 0 bridgehead atoms. The Morgan fingerprint density at radius 1 is 1.17 bits per heavy atom. The number of benzene rings is 1. The molecular weight excluding hydrogens is 228 g/mol. The lowest BCUT2D eigenvalue weighted by Gasteiger charge is -1.96. The lowest BCUT2D eigenvalue weighted by atomic mass is 10.1. The second-order valence-electron chi connectivity index (χ2n) is 3.92. The summed E-state index contributed by atoms with van der Waals surface area (Å²) in [7, 11) is 0. The summed E-state index contributed by atoms with van der Waals surface area (Å²) in [5.41, 5.74) is 2.04. The van der Waals surface area contributed by atoms with Crippen LogP contribution in [0.1, 0.15) is 16.2 Å². The van der Waals surface area contributed by atoms with E-state index in [1.807, 2.05) is 24.3 Å². The average Bonchev–Trinajstić information content (AvgIpc) is 2.82. The van der Waals surface area contributed by atoms with Gasteiger partial charge in [0.2, 0.25) is 5.89 Å². The number of hydrogen-bond acceptors (Lipinski definition) is 4. The highest BCUT2D eigenvalue weighted by atomic mass is 16.3. The summed E-state index contributed by atoms with van der Waals surface area (Å²) in [6.45, 7) is 0. The van der Waals surface area contributed by atoms with Gasteiger partial charge in [-0.1, -0.05) is 12.1 Å². The fourth-order valence-corrected chi connectivity index (χ4v) is 1.76. The SMILES string of the molecule is O=C(Cc1nc2ccccc2o1)c1cccnc1. The number of ketones is 1. The van der Waals surface area contributed by atoms with Crippen LogP contribution < -0.4 is 0 Å². The molecule has 0 N–H and O–H groups in total. The normalized spacial score (nSPS) is 10.7. The smallest absolute Gasteiger partial charge is 0.203 e. The van der Waals surface area contributed by atoms with Crippen molar-refractivity contribution < 1.29 is 9.21 Å². The molecule has 3 rings (SSSR count). The van der Waals surface area contributed by atoms with E-state index in [2.05, 4.69) is 9.97 Å². The van der Waals surface area contributed by atoms with Crippen LogP contribution >= 0.6 is 0 Å². The number of carbonyl (C=O) groups is 1. The van der Waals surface area contributed by atoms with Crippen LogP contribution in [0.4, 0.5) is 0 Å². The molecule has 18 heavy (non-hydrogen) atoms. The molecule has 0 saturated carbocycles. The van der Waals surface area contributed by atoms with E-state index in [0.717, 1.165) is 5.52 Å². The first kappa shape index (κ1) is 10.7. The molecule has 0 aliphatic rings. The van der Waals surface area contributed by atoms with E-state index in [0.29, 0.717) is 17.0 Å². The third-order valence-electron chi connectivity index (χ3n) is 2.63. The molecule has 0 aliphatic carbocycles. The molecule has 0 atom stereocenters. The van der Waals surface area contributed by atoms with Gasteiger partial charge >= 0.3 is 0 Å². The molecular formula is C14H10N2O2. The van der Waals surface area contributed by atoms with Crippen LogP contribution in [0.5, 0.6) is 0 Å². The van der Waals surface area contributed by atoms with Gasteiger partial charge in [-0.2, -0.15) is 0 Å². The van der Waals surface area contributed by atoms with Gasteiger partial charge < -0.3 is 4.42 Å². The zero-order valence-electron chi connectivity index (χ0n) is 9.54. The minimum absolute atomic E-state index is 0.0466. The molecule has 3 aromatic rings. The van der Waals surface area contributed by atoms with E-state index in [1.165, 1.54) is 0 Å². The summed E-state index contributed by atoms with van der Waals surface area (Å²) >= 11 is 0. The molecule has 0 fully saturated rings. The van der Waals surface area contributed by atoms with Gasteiger partial charge in [0.15, 0.2) is 11.4 Å². The van der Waals surface area contributed by atoms with Crippen LogP contribution in [0.3, 0.4) is 0 Å². The van der Waals surface area contributed by atoms with Gasteiger partial charge in [-0.25, -0.2) is 4.98 Å². The molecule has 0 spiro atoms. The van der Waals surface area contributed by atoms with Crippen molar-refractivity contribution in [3.05, 3.63) is 60.2 Å². The Morgan fingerprint density at radius 2 is 2.06 bits per heavy atom. The van der Waals surface area contributed by atoms with E-state index >= 15 is 0 Å². The summed E-state index contributed by atoms with van der Waals surface area (Å²) < 4.78 is 5.51. The van der Waals surface area contributed by atoms with Crippen molar-refractivity contribution in [3.63, 3.8) is 0 Å². The minimum atomic E-state index is -0.0466.